The van der Waals surface area contributed by atoms with Gasteiger partial charge in [0.15, 0.2) is 0 Å². The lowest BCUT2D eigenvalue weighted by Crippen LogP contribution is -2.25. The van der Waals surface area contributed by atoms with E-state index in [0.29, 0.717) is 0 Å². The monoisotopic (exact) mass is 409 g/mol. The average Bonchev–Trinajstić information content (AvgIpc) is 2.61. The zero-order valence-electron chi connectivity index (χ0n) is 15.5. The Balaban J connectivity index is 2.52. The Morgan fingerprint density at radius 2 is 1.08 bits per heavy atom. The van der Waals surface area contributed by atoms with Gasteiger partial charge in [0.1, 0.15) is 7.21 Å². The van der Waals surface area contributed by atoms with Gasteiger partial charge in [0.25, 0.3) is 0 Å². The molecule has 0 bridgehead atoms. The Kier molecular flexibility index (Phi) is 5.45. The van der Waals surface area contributed by atoms with Crippen LogP contribution in [0.25, 0.3) is 0 Å². The van der Waals surface area contributed by atoms with E-state index in [0.717, 1.165) is 10.6 Å². The second-order valence-corrected chi connectivity index (χ2v) is 14.9. The van der Waals surface area contributed by atoms with Gasteiger partial charge in [-0.2, -0.15) is 4.52 Å². The van der Waals surface area contributed by atoms with Gasteiger partial charge >= 0.3 is 0 Å². The third-order valence-corrected chi connectivity index (χ3v) is 14.6. The molecule has 0 fully saturated rings. The summed E-state index contributed by atoms with van der Waals surface area (Å²) in [5, 5.41) is 2.10. The van der Waals surface area contributed by atoms with Crippen molar-refractivity contribution in [1.29, 1.82) is 0 Å². The maximum Gasteiger partial charge on any atom is 0.218 e. The molecule has 1 heterocycles. The molecule has 7 nitrogen and oxygen atoms in total. The van der Waals surface area contributed by atoms with Crippen LogP contribution in [0.2, 0.25) is 0 Å². The van der Waals surface area contributed by atoms with Gasteiger partial charge < -0.3 is 0 Å². The van der Waals surface area contributed by atoms with Crippen molar-refractivity contribution in [1.82, 2.24) is 9.34 Å². The van der Waals surface area contributed by atoms with Crippen LogP contribution in [0.4, 0.5) is 0 Å². The molecule has 0 amide bonds. The first-order valence-electron chi connectivity index (χ1n) is 8.17. The molecular formula is C16H26N7P3. The molecule has 1 aliphatic rings. The molecule has 0 spiro atoms. The maximum atomic E-state index is 6.48. The van der Waals surface area contributed by atoms with Crippen molar-refractivity contribution < 1.29 is 0 Å². The summed E-state index contributed by atoms with van der Waals surface area (Å²) in [6.45, 7) is 0. The summed E-state index contributed by atoms with van der Waals surface area (Å²) < 4.78 is 19.3. The minimum atomic E-state index is -2.85. The summed E-state index contributed by atoms with van der Waals surface area (Å²) in [6, 6.07) is 20.3. The largest absolute Gasteiger partial charge is 0.267 e. The van der Waals surface area contributed by atoms with Crippen molar-refractivity contribution >= 4 is 32.8 Å². The van der Waals surface area contributed by atoms with Crippen LogP contribution in [-0.2, 0) is 0 Å². The van der Waals surface area contributed by atoms with Crippen molar-refractivity contribution in [2.24, 2.45) is 24.6 Å². The Bertz CT molecular complexity index is 891. The van der Waals surface area contributed by atoms with Gasteiger partial charge in [-0.05, 0) is 28.2 Å². The molecule has 1 aliphatic heterocycles. The molecule has 10 heteroatoms. The lowest BCUT2D eigenvalue weighted by molar-refractivity contribution is 0.563. The number of rotatable bonds is 4. The normalized spacial score (nSPS) is 20.2. The highest BCUT2D eigenvalue weighted by atomic mass is 31.3. The van der Waals surface area contributed by atoms with Gasteiger partial charge in [-0.1, -0.05) is 60.7 Å². The molecule has 0 aromatic heterocycles. The number of benzene rings is 2. The van der Waals surface area contributed by atoms with E-state index in [1.165, 1.54) is 0 Å². The number of nitrogens with two attached hydrogens (primary N) is 2. The quantitative estimate of drug-likeness (QED) is 0.753. The molecular weight excluding hydrogens is 383 g/mol. The van der Waals surface area contributed by atoms with Crippen LogP contribution in [0.15, 0.2) is 74.2 Å². The van der Waals surface area contributed by atoms with E-state index in [2.05, 4.69) is 33.6 Å². The van der Waals surface area contributed by atoms with Crippen LogP contribution in [0.5, 0.6) is 0 Å². The predicted molar refractivity (Wildman–Crippen MR) is 116 cm³/mol. The summed E-state index contributed by atoms with van der Waals surface area (Å²) in [7, 11) is 0.124. The third kappa shape index (κ3) is 3.42. The maximum absolute atomic E-state index is 6.48. The minimum absolute atomic E-state index is 1.05. The van der Waals surface area contributed by atoms with Crippen LogP contribution < -0.4 is 21.6 Å². The average molecular weight is 409 g/mol. The van der Waals surface area contributed by atoms with Gasteiger partial charge in [0.05, 0.1) is 0 Å². The number of hydrogen-bond donors (Lipinski definition) is 2. The SMILES string of the molecule is CN(C)P1(N(C)C)=NP(c2ccccc2)(c2ccccc2)=NP(N)(N)=N1. The van der Waals surface area contributed by atoms with Gasteiger partial charge in [-0.25, -0.2) is 18.4 Å². The van der Waals surface area contributed by atoms with Crippen molar-refractivity contribution in [3.8, 4) is 0 Å². The fraction of sp³-hybridized carbons (Fsp3) is 0.250. The highest BCUT2D eigenvalue weighted by Crippen LogP contribution is 2.74. The fourth-order valence-electron chi connectivity index (χ4n) is 2.93. The number of hydrogen-bond acceptors (Lipinski definition) is 7. The lowest BCUT2D eigenvalue weighted by atomic mass is 10.4. The molecule has 0 atom stereocenters. The lowest BCUT2D eigenvalue weighted by Gasteiger charge is -2.39. The Morgan fingerprint density at radius 3 is 1.46 bits per heavy atom. The predicted octanol–water partition coefficient (Wildman–Crippen LogP) is 3.70. The molecule has 3 rings (SSSR count). The molecule has 26 heavy (non-hydrogen) atoms. The summed E-state index contributed by atoms with van der Waals surface area (Å²) in [4.78, 5) is 0. The van der Waals surface area contributed by atoms with E-state index in [1.54, 1.807) is 0 Å². The summed E-state index contributed by atoms with van der Waals surface area (Å²) in [6.07, 6.45) is 0. The highest BCUT2D eigenvalue weighted by Gasteiger charge is 2.39. The second kappa shape index (κ2) is 7.18. The van der Waals surface area contributed by atoms with E-state index >= 15 is 0 Å². The molecule has 140 valence electrons. The molecule has 2 aromatic rings. The highest BCUT2D eigenvalue weighted by molar-refractivity contribution is 7.91. The first-order chi connectivity index (χ1) is 12.2. The molecule has 0 unspecified atom stereocenters. The Hall–Kier alpha value is -1.03. The zero-order valence-corrected chi connectivity index (χ0v) is 18.2. The Morgan fingerprint density at radius 1 is 0.654 bits per heavy atom. The van der Waals surface area contributed by atoms with Gasteiger partial charge in [0, 0.05) is 10.6 Å². The van der Waals surface area contributed by atoms with Crippen molar-refractivity contribution in [3.63, 3.8) is 0 Å². The van der Waals surface area contributed by atoms with Crippen LogP contribution in [-0.4, -0.2) is 37.5 Å². The first-order valence-corrected chi connectivity index (χ1v) is 13.3. The second-order valence-electron chi connectivity index (χ2n) is 6.47. The van der Waals surface area contributed by atoms with Crippen LogP contribution in [0.3, 0.4) is 0 Å². The first kappa shape index (κ1) is 19.7. The van der Waals surface area contributed by atoms with E-state index in [4.69, 9.17) is 24.6 Å². The fourth-order valence-corrected chi connectivity index (χ4v) is 15.3. The summed E-state index contributed by atoms with van der Waals surface area (Å²) >= 11 is 0. The molecule has 0 saturated heterocycles. The van der Waals surface area contributed by atoms with E-state index in [1.807, 2.05) is 64.6 Å². The molecule has 0 saturated carbocycles. The van der Waals surface area contributed by atoms with Crippen LogP contribution in [0.1, 0.15) is 0 Å². The molecule has 4 N–H and O–H groups in total. The smallest absolute Gasteiger partial charge is 0.218 e. The van der Waals surface area contributed by atoms with Crippen molar-refractivity contribution in [2.75, 3.05) is 28.2 Å². The zero-order chi connectivity index (χ0) is 19.0. The standard InChI is InChI=1S/C16H26N7P3/c1-22(2)26(23(3)4)20-24(19-25(17,18)21-26,15-11-7-5-8-12-15)16-13-9-6-10-14-16/h5-14H,17-18H2,1-4H3. The van der Waals surface area contributed by atoms with Gasteiger partial charge in [-0.3, -0.25) is 11.0 Å². The Labute approximate surface area is 156 Å². The topological polar surface area (TPSA) is 95.6 Å². The summed E-state index contributed by atoms with van der Waals surface area (Å²) in [5.41, 5.74) is 13.0. The van der Waals surface area contributed by atoms with E-state index in [-0.39, 0.29) is 0 Å². The van der Waals surface area contributed by atoms with Gasteiger partial charge in [-0.15, -0.1) is 0 Å². The third-order valence-electron chi connectivity index (χ3n) is 4.09. The summed E-state index contributed by atoms with van der Waals surface area (Å²) in [5.74, 6) is 0. The van der Waals surface area contributed by atoms with Gasteiger partial charge in [0.2, 0.25) is 15.0 Å². The van der Waals surface area contributed by atoms with E-state index in [9.17, 15) is 0 Å². The molecule has 0 aliphatic carbocycles. The van der Waals surface area contributed by atoms with Crippen molar-refractivity contribution in [3.05, 3.63) is 60.7 Å². The van der Waals surface area contributed by atoms with Crippen molar-refractivity contribution in [2.45, 2.75) is 0 Å². The van der Waals surface area contributed by atoms with Crippen LogP contribution in [0, 0.1) is 0 Å². The van der Waals surface area contributed by atoms with Crippen LogP contribution >= 0.6 is 22.2 Å². The molecule has 0 radical (unpaired) electrons. The minimum Gasteiger partial charge on any atom is -0.267 e. The number of nitrogens with zero attached hydrogens (tertiary/aromatic N) is 5. The molecule has 2 aromatic carbocycles. The van der Waals surface area contributed by atoms with E-state index < -0.39 is 22.2 Å².